The second-order valence-electron chi connectivity index (χ2n) is 3.51. The summed E-state index contributed by atoms with van der Waals surface area (Å²) >= 11 is 9.23. The summed E-state index contributed by atoms with van der Waals surface area (Å²) in [5.74, 6) is 0.0614. The molecule has 0 atom stereocenters. The van der Waals surface area contributed by atoms with Crippen LogP contribution in [0.5, 0.6) is 11.5 Å². The van der Waals surface area contributed by atoms with Gasteiger partial charge in [-0.15, -0.1) is 0 Å². The zero-order valence-corrected chi connectivity index (χ0v) is 11.3. The molecule has 0 spiro atoms. The van der Waals surface area contributed by atoms with Crippen molar-refractivity contribution in [3.05, 3.63) is 57.3 Å². The predicted molar refractivity (Wildman–Crippen MR) is 71.0 cm³/mol. The Morgan fingerprint density at radius 3 is 2.72 bits per heavy atom. The summed E-state index contributed by atoms with van der Waals surface area (Å²) in [4.78, 5) is 10.6. The Hall–Kier alpha value is -1.39. The van der Waals surface area contributed by atoms with Crippen molar-refractivity contribution in [2.45, 2.75) is 0 Å². The molecule has 0 radical (unpaired) electrons. The molecule has 2 rings (SSSR count). The van der Waals surface area contributed by atoms with Crippen molar-refractivity contribution < 1.29 is 13.9 Å². The van der Waals surface area contributed by atoms with Gasteiger partial charge in [-0.25, -0.2) is 4.39 Å². The molecule has 0 bridgehead atoms. The van der Waals surface area contributed by atoms with Crippen LogP contribution >= 0.6 is 27.5 Å². The van der Waals surface area contributed by atoms with E-state index in [1.54, 1.807) is 18.2 Å². The number of hydrogen-bond acceptors (Lipinski definition) is 2. The van der Waals surface area contributed by atoms with E-state index in [-0.39, 0.29) is 11.3 Å². The number of carbonyl (C=O) groups is 1. The molecule has 0 N–H and O–H groups in total. The highest BCUT2D eigenvalue weighted by molar-refractivity contribution is 9.10. The fraction of sp³-hybridized carbons (Fsp3) is 0. The molecule has 0 unspecified atom stereocenters. The largest absolute Gasteiger partial charge is 0.456 e. The molecule has 0 amide bonds. The molecule has 2 aromatic carbocycles. The van der Waals surface area contributed by atoms with Crippen LogP contribution in [0.15, 0.2) is 40.9 Å². The smallest absolute Gasteiger partial charge is 0.150 e. The number of carbonyl (C=O) groups excluding carboxylic acids is 1. The molecule has 0 saturated carbocycles. The summed E-state index contributed by atoms with van der Waals surface area (Å²) < 4.78 is 19.5. The van der Waals surface area contributed by atoms with Gasteiger partial charge in [0.2, 0.25) is 0 Å². The molecule has 18 heavy (non-hydrogen) atoms. The molecule has 92 valence electrons. The van der Waals surface area contributed by atoms with E-state index in [0.717, 1.165) is 10.5 Å². The van der Waals surface area contributed by atoms with Crippen molar-refractivity contribution in [3.63, 3.8) is 0 Å². The lowest BCUT2D eigenvalue weighted by Gasteiger charge is -2.08. The van der Waals surface area contributed by atoms with Crippen LogP contribution in [-0.4, -0.2) is 6.29 Å². The van der Waals surface area contributed by atoms with Crippen molar-refractivity contribution in [2.24, 2.45) is 0 Å². The van der Waals surface area contributed by atoms with E-state index in [4.69, 9.17) is 16.3 Å². The lowest BCUT2D eigenvalue weighted by Crippen LogP contribution is -1.89. The van der Waals surface area contributed by atoms with E-state index in [0.29, 0.717) is 17.1 Å². The van der Waals surface area contributed by atoms with Gasteiger partial charge in [0.15, 0.2) is 0 Å². The molecule has 5 heteroatoms. The van der Waals surface area contributed by atoms with Crippen LogP contribution in [0.1, 0.15) is 10.4 Å². The highest BCUT2D eigenvalue weighted by atomic mass is 79.9. The topological polar surface area (TPSA) is 26.3 Å². The summed E-state index contributed by atoms with van der Waals surface area (Å²) in [7, 11) is 0. The van der Waals surface area contributed by atoms with Gasteiger partial charge >= 0.3 is 0 Å². The molecule has 0 fully saturated rings. The molecular formula is C13H7BrClFO2. The standard InChI is InChI=1S/C13H7BrClFO2/c14-9-1-2-12(15)13(5-9)18-11-4-8(7-17)3-10(16)6-11/h1-7H. The number of halogens is 3. The third kappa shape index (κ3) is 3.09. The van der Waals surface area contributed by atoms with Crippen LogP contribution in [0.2, 0.25) is 5.02 Å². The third-order valence-corrected chi connectivity index (χ3v) is 2.96. The van der Waals surface area contributed by atoms with Gasteiger partial charge in [-0.3, -0.25) is 4.79 Å². The minimum atomic E-state index is -0.541. The first-order valence-corrected chi connectivity index (χ1v) is 6.14. The average Bonchev–Trinajstić information content (AvgIpc) is 2.33. The fourth-order valence-corrected chi connectivity index (χ4v) is 1.89. The normalized spacial score (nSPS) is 10.2. The van der Waals surface area contributed by atoms with Crippen LogP contribution in [0.4, 0.5) is 4.39 Å². The zero-order valence-electron chi connectivity index (χ0n) is 8.99. The van der Waals surface area contributed by atoms with E-state index in [1.165, 1.54) is 12.1 Å². The molecule has 0 aliphatic rings. The van der Waals surface area contributed by atoms with E-state index in [1.807, 2.05) is 0 Å². The SMILES string of the molecule is O=Cc1cc(F)cc(Oc2cc(Br)ccc2Cl)c1. The van der Waals surface area contributed by atoms with Gasteiger partial charge in [-0.2, -0.15) is 0 Å². The Labute approximate surface area is 116 Å². The van der Waals surface area contributed by atoms with Crippen molar-refractivity contribution in [1.82, 2.24) is 0 Å². The first-order chi connectivity index (χ1) is 8.58. The fourth-order valence-electron chi connectivity index (χ4n) is 1.39. The average molecular weight is 330 g/mol. The van der Waals surface area contributed by atoms with Gasteiger partial charge in [0.25, 0.3) is 0 Å². The quantitative estimate of drug-likeness (QED) is 0.753. The highest BCUT2D eigenvalue weighted by Gasteiger charge is 2.06. The van der Waals surface area contributed by atoms with Crippen molar-refractivity contribution >= 4 is 33.8 Å². The molecule has 0 aromatic heterocycles. The zero-order chi connectivity index (χ0) is 13.1. The van der Waals surface area contributed by atoms with Gasteiger partial charge < -0.3 is 4.74 Å². The lowest BCUT2D eigenvalue weighted by molar-refractivity contribution is 0.112. The molecule has 0 saturated heterocycles. The van der Waals surface area contributed by atoms with Gasteiger partial charge in [0.1, 0.15) is 23.6 Å². The van der Waals surface area contributed by atoms with E-state index < -0.39 is 5.82 Å². The van der Waals surface area contributed by atoms with Crippen molar-refractivity contribution in [1.29, 1.82) is 0 Å². The Bertz CT molecular complexity index is 602. The number of benzene rings is 2. The minimum absolute atomic E-state index is 0.205. The molecule has 0 heterocycles. The summed E-state index contributed by atoms with van der Waals surface area (Å²) in [6.45, 7) is 0. The number of aldehydes is 1. The van der Waals surface area contributed by atoms with E-state index in [9.17, 15) is 9.18 Å². The van der Waals surface area contributed by atoms with Gasteiger partial charge in [-0.1, -0.05) is 27.5 Å². The Morgan fingerprint density at radius 2 is 2.00 bits per heavy atom. The van der Waals surface area contributed by atoms with Gasteiger partial charge in [-0.05, 0) is 30.3 Å². The van der Waals surface area contributed by atoms with Crippen molar-refractivity contribution in [2.75, 3.05) is 0 Å². The van der Waals surface area contributed by atoms with E-state index >= 15 is 0 Å². The third-order valence-electron chi connectivity index (χ3n) is 2.15. The minimum Gasteiger partial charge on any atom is -0.456 e. The number of hydrogen-bond donors (Lipinski definition) is 0. The van der Waals surface area contributed by atoms with Crippen LogP contribution in [0.25, 0.3) is 0 Å². The summed E-state index contributed by atoms with van der Waals surface area (Å²) in [6, 6.07) is 8.83. The molecular weight excluding hydrogens is 322 g/mol. The lowest BCUT2D eigenvalue weighted by atomic mass is 10.2. The maximum Gasteiger partial charge on any atom is 0.150 e. The first-order valence-electron chi connectivity index (χ1n) is 4.97. The van der Waals surface area contributed by atoms with Crippen molar-refractivity contribution in [3.8, 4) is 11.5 Å². The first kappa shape index (κ1) is 13.1. The summed E-state index contributed by atoms with van der Waals surface area (Å²) in [5.41, 5.74) is 0.205. The summed E-state index contributed by atoms with van der Waals surface area (Å²) in [6.07, 6.45) is 0.554. The molecule has 2 nitrogen and oxygen atoms in total. The van der Waals surface area contributed by atoms with Crippen LogP contribution in [0.3, 0.4) is 0 Å². The second-order valence-corrected chi connectivity index (χ2v) is 4.84. The van der Waals surface area contributed by atoms with Crippen LogP contribution in [0, 0.1) is 5.82 Å². The molecule has 0 aliphatic heterocycles. The molecule has 2 aromatic rings. The van der Waals surface area contributed by atoms with Gasteiger partial charge in [0.05, 0.1) is 5.02 Å². The van der Waals surface area contributed by atoms with Gasteiger partial charge in [0, 0.05) is 16.1 Å². The summed E-state index contributed by atoms with van der Waals surface area (Å²) in [5, 5.41) is 0.398. The highest BCUT2D eigenvalue weighted by Crippen LogP contribution is 2.32. The predicted octanol–water partition coefficient (Wildman–Crippen LogP) is 4.85. The maximum atomic E-state index is 13.2. The number of rotatable bonds is 3. The van der Waals surface area contributed by atoms with Crippen LogP contribution in [-0.2, 0) is 0 Å². The Balaban J connectivity index is 2.36. The monoisotopic (exact) mass is 328 g/mol. The van der Waals surface area contributed by atoms with Crippen LogP contribution < -0.4 is 4.74 Å². The van der Waals surface area contributed by atoms with E-state index in [2.05, 4.69) is 15.9 Å². The Kier molecular flexibility index (Phi) is 3.99. The number of ether oxygens (including phenoxy) is 1. The maximum absolute atomic E-state index is 13.2. The Morgan fingerprint density at radius 1 is 1.22 bits per heavy atom. The second kappa shape index (κ2) is 5.50. The molecule has 0 aliphatic carbocycles.